The van der Waals surface area contributed by atoms with Crippen LogP contribution in [0.5, 0.6) is 0 Å². The van der Waals surface area contributed by atoms with Gasteiger partial charge in [0.1, 0.15) is 17.3 Å². The van der Waals surface area contributed by atoms with E-state index in [1.54, 1.807) is 4.72 Å². The van der Waals surface area contributed by atoms with Gasteiger partial charge < -0.3 is 24.4 Å². The number of amides is 2. The van der Waals surface area contributed by atoms with Crippen LogP contribution in [0.4, 0.5) is 23.7 Å². The lowest BCUT2D eigenvalue weighted by molar-refractivity contribution is -0.196. The zero-order valence-corrected chi connectivity index (χ0v) is 21.2. The zero-order valence-electron chi connectivity index (χ0n) is 20.4. The average molecular weight is 568 g/mol. The van der Waals surface area contributed by atoms with Crippen molar-refractivity contribution in [1.29, 1.82) is 0 Å². The number of carbonyl (C=O) groups excluding carboxylic acids is 3. The summed E-state index contributed by atoms with van der Waals surface area (Å²) >= 11 is 0. The molecule has 1 aliphatic heterocycles. The fraction of sp³-hybridized carbons (Fsp3) is 0.368. The molecule has 1 aromatic rings. The van der Waals surface area contributed by atoms with E-state index in [1.807, 2.05) is 5.43 Å². The van der Waals surface area contributed by atoms with Crippen molar-refractivity contribution in [2.45, 2.75) is 11.0 Å². The first-order valence-electron chi connectivity index (χ1n) is 10.3. The number of benzene rings is 1. The third-order valence-electron chi connectivity index (χ3n) is 4.34. The number of ether oxygens (including phenoxy) is 3. The van der Waals surface area contributed by atoms with Crippen LogP contribution in [0.25, 0.3) is 0 Å². The lowest BCUT2D eigenvalue weighted by Crippen LogP contribution is -2.55. The van der Waals surface area contributed by atoms with Crippen LogP contribution in [-0.4, -0.2) is 90.1 Å². The molecule has 210 valence electrons. The molecule has 0 saturated carbocycles. The van der Waals surface area contributed by atoms with Gasteiger partial charge in [0.25, 0.3) is 10.0 Å². The molecule has 1 aromatic carbocycles. The van der Waals surface area contributed by atoms with Gasteiger partial charge in [-0.15, -0.1) is 5.23 Å². The summed E-state index contributed by atoms with van der Waals surface area (Å²) in [7, 11) is 0.184. The van der Waals surface area contributed by atoms with E-state index in [0.717, 1.165) is 26.4 Å². The van der Waals surface area contributed by atoms with Gasteiger partial charge in [0, 0.05) is 20.2 Å². The molecule has 0 bridgehead atoms. The number of anilines is 1. The Bertz CT molecular complexity index is 1240. The Kier molecular flexibility index (Phi) is 9.58. The van der Waals surface area contributed by atoms with E-state index >= 15 is 0 Å². The van der Waals surface area contributed by atoms with Crippen LogP contribution in [0, 0.1) is 0 Å². The molecule has 1 aliphatic rings. The van der Waals surface area contributed by atoms with Gasteiger partial charge in [-0.1, -0.05) is 11.2 Å². The van der Waals surface area contributed by atoms with E-state index in [1.165, 1.54) is 31.1 Å². The smallest absolute Gasteiger partial charge is 0.428 e. The number of urea groups is 1. The van der Waals surface area contributed by atoms with Gasteiger partial charge in [-0.05, 0) is 12.1 Å². The normalized spacial score (nSPS) is 13.3. The Labute approximate surface area is 214 Å². The molecule has 15 nitrogen and oxygen atoms in total. The van der Waals surface area contributed by atoms with Gasteiger partial charge in [0.05, 0.1) is 25.5 Å². The van der Waals surface area contributed by atoms with Crippen molar-refractivity contribution in [1.82, 2.24) is 25.7 Å². The monoisotopic (exact) mass is 567 g/mol. The van der Waals surface area contributed by atoms with Gasteiger partial charge in [-0.2, -0.15) is 8.78 Å². The van der Waals surface area contributed by atoms with Crippen molar-refractivity contribution >= 4 is 39.6 Å². The fourth-order valence-corrected chi connectivity index (χ4v) is 3.95. The minimum Gasteiger partial charge on any atom is -0.468 e. The Morgan fingerprint density at radius 2 is 1.87 bits per heavy atom. The maximum absolute atomic E-state index is 13.4. The molecule has 0 spiro atoms. The van der Waals surface area contributed by atoms with E-state index in [4.69, 9.17) is 0 Å². The van der Waals surface area contributed by atoms with Crippen LogP contribution in [0.15, 0.2) is 40.1 Å². The number of halogens is 3. The number of rotatable bonds is 10. The SMILES string of the molecule is COC(=O)CNc1cccc(C(=O)OC)c1S(=O)(=O)NC(=O)NN1N=C(OC(F)(F)CF)C=C(N(C)C)N1. The molecule has 1 heterocycles. The van der Waals surface area contributed by atoms with Crippen LogP contribution in [0.2, 0.25) is 0 Å². The fourth-order valence-electron chi connectivity index (χ4n) is 2.69. The van der Waals surface area contributed by atoms with Gasteiger partial charge in [-0.3, -0.25) is 4.79 Å². The molecule has 0 aromatic heterocycles. The minimum absolute atomic E-state index is 0.0261. The third kappa shape index (κ3) is 7.79. The first-order valence-corrected chi connectivity index (χ1v) is 11.7. The second-order valence-corrected chi connectivity index (χ2v) is 8.93. The van der Waals surface area contributed by atoms with Crippen LogP contribution < -0.4 is 20.9 Å². The van der Waals surface area contributed by atoms with E-state index in [0.29, 0.717) is 5.23 Å². The molecule has 0 saturated heterocycles. The average Bonchev–Trinajstić information content (AvgIpc) is 2.85. The summed E-state index contributed by atoms with van der Waals surface area (Å²) in [5.41, 5.74) is 3.61. The molecule has 38 heavy (non-hydrogen) atoms. The molecular weight excluding hydrogens is 543 g/mol. The number of carbonyl (C=O) groups is 3. The van der Waals surface area contributed by atoms with E-state index in [-0.39, 0.29) is 11.5 Å². The van der Waals surface area contributed by atoms with Gasteiger partial charge in [0.2, 0.25) is 5.90 Å². The number of methoxy groups -OCH3 is 2. The summed E-state index contributed by atoms with van der Waals surface area (Å²) in [6, 6.07) is 2.12. The second kappa shape index (κ2) is 12.2. The lowest BCUT2D eigenvalue weighted by Gasteiger charge is -2.30. The summed E-state index contributed by atoms with van der Waals surface area (Å²) in [5.74, 6) is -2.65. The third-order valence-corrected chi connectivity index (χ3v) is 5.78. The maximum Gasteiger partial charge on any atom is 0.428 e. The lowest BCUT2D eigenvalue weighted by atomic mass is 10.2. The molecule has 0 fully saturated rings. The number of hydrogen-bond donors (Lipinski definition) is 4. The van der Waals surface area contributed by atoms with Crippen LogP contribution in [0.3, 0.4) is 0 Å². The Hall–Kier alpha value is -4.42. The molecular formula is C19H24F3N7O8S. The van der Waals surface area contributed by atoms with Crippen molar-refractivity contribution in [3.63, 3.8) is 0 Å². The Morgan fingerprint density at radius 1 is 1.18 bits per heavy atom. The highest BCUT2D eigenvalue weighted by Gasteiger charge is 2.35. The number of nitrogens with zero attached hydrogens (tertiary/aromatic N) is 3. The summed E-state index contributed by atoms with van der Waals surface area (Å²) in [5, 5.41) is 6.40. The molecule has 19 heteroatoms. The first kappa shape index (κ1) is 29.8. The highest BCUT2D eigenvalue weighted by molar-refractivity contribution is 7.90. The zero-order chi connectivity index (χ0) is 28.7. The summed E-state index contributed by atoms with van der Waals surface area (Å²) in [6.07, 6.45) is -3.27. The Balaban J connectivity index is 2.34. The number of hydrazone groups is 1. The van der Waals surface area contributed by atoms with Crippen molar-refractivity contribution < 1.29 is 50.2 Å². The van der Waals surface area contributed by atoms with Crippen LogP contribution in [-0.2, 0) is 29.0 Å². The van der Waals surface area contributed by atoms with Gasteiger partial charge in [-0.25, -0.2) is 38.0 Å². The van der Waals surface area contributed by atoms with Gasteiger partial charge in [0.15, 0.2) is 6.67 Å². The number of esters is 2. The molecule has 0 radical (unpaired) electrons. The molecule has 0 atom stereocenters. The Morgan fingerprint density at radius 3 is 2.45 bits per heavy atom. The van der Waals surface area contributed by atoms with E-state index in [2.05, 4.69) is 30.1 Å². The summed E-state index contributed by atoms with van der Waals surface area (Å²) < 4.78 is 80.4. The molecule has 4 N–H and O–H groups in total. The predicted molar refractivity (Wildman–Crippen MR) is 123 cm³/mol. The maximum atomic E-state index is 13.4. The highest BCUT2D eigenvalue weighted by Crippen LogP contribution is 2.26. The second-order valence-electron chi connectivity index (χ2n) is 7.31. The van der Waals surface area contributed by atoms with Crippen molar-refractivity contribution in [3.8, 4) is 0 Å². The van der Waals surface area contributed by atoms with Gasteiger partial charge >= 0.3 is 24.1 Å². The van der Waals surface area contributed by atoms with Crippen molar-refractivity contribution in [2.24, 2.45) is 5.10 Å². The standard InChI is InChI=1S/C19H24F3N7O8S/c1-28(2)13-8-14(37-19(21,22)10-20)25-29(24-13)26-18(32)27-38(33,34)16-11(17(31)36-4)6-5-7-12(16)23-9-15(30)35-3/h5-8,23-24H,9-10H2,1-4H3,(H2,26,27,32). The van der Waals surface area contributed by atoms with Crippen LogP contribution >= 0.6 is 0 Å². The van der Waals surface area contributed by atoms with Crippen molar-refractivity contribution in [3.05, 3.63) is 35.7 Å². The van der Waals surface area contributed by atoms with E-state index < -0.39 is 63.7 Å². The molecule has 2 rings (SSSR count). The number of alkyl halides is 3. The number of nitrogens with one attached hydrogen (secondary N) is 4. The van der Waals surface area contributed by atoms with E-state index in [9.17, 15) is 36.0 Å². The number of hydrazine groups is 2. The molecule has 0 aliphatic carbocycles. The van der Waals surface area contributed by atoms with Crippen molar-refractivity contribution in [2.75, 3.05) is 46.9 Å². The quantitative estimate of drug-likeness (QED) is 0.280. The topological polar surface area (TPSA) is 180 Å². The predicted octanol–water partition coefficient (Wildman–Crippen LogP) is 0.0766. The molecule has 0 unspecified atom stereocenters. The minimum atomic E-state index is -4.86. The van der Waals surface area contributed by atoms with Crippen LogP contribution in [0.1, 0.15) is 10.4 Å². The first-order chi connectivity index (χ1) is 17.7. The highest BCUT2D eigenvalue weighted by atomic mass is 32.2. The largest absolute Gasteiger partial charge is 0.468 e. The number of sulfonamides is 1. The molecule has 2 amide bonds. The summed E-state index contributed by atoms with van der Waals surface area (Å²) in [4.78, 5) is 36.9. The number of hydrogen-bond acceptors (Lipinski definition) is 13. The summed E-state index contributed by atoms with van der Waals surface area (Å²) in [6.45, 7) is -2.66.